The molecule has 246 valence electrons. The lowest BCUT2D eigenvalue weighted by molar-refractivity contribution is -0.689. The number of nitrogens with one attached hydrogen (secondary N) is 1. The quantitative estimate of drug-likeness (QED) is 0.115. The molecular formula is C36H35F2N6O3S+. The molecule has 9 nitrogen and oxygen atoms in total. The standard InChI is InChI=1S/C36H35F2N6O3S/c1-22-13-26(14-23(2)33(22)47-35(45)31-5-4-12-40-31)17-43-20-41-44(21-43)19-36(46,29-11-10-28(37)15-30(29)38)24(3)34-42-32(18-48-34)27-8-6-25(16-39)7-9-27/h6-11,13-15,18,20-21,24,31,40,46H,4-5,12,17,19H2,1-3H3/q+1/t24-,31?,36?/m0/s1. The maximum Gasteiger partial charge on any atom is 0.328 e. The largest absolute Gasteiger partial charge is 0.425 e. The number of esters is 1. The van der Waals surface area contributed by atoms with Crippen LogP contribution < -0.4 is 14.6 Å². The smallest absolute Gasteiger partial charge is 0.328 e. The highest BCUT2D eigenvalue weighted by Gasteiger charge is 2.43. The number of carbonyl (C=O) groups excluding carboxylic acids is 1. The molecule has 0 radical (unpaired) electrons. The SMILES string of the molecule is Cc1cc(C[n+]2cnn(CC(O)(c3ccc(F)cc3F)[C@@H](C)c3nc(-c4ccc(C#N)cc4)cs3)c2)cc(C)c1OC(=O)C1CCCN1. The molecule has 0 spiro atoms. The van der Waals surface area contributed by atoms with E-state index in [1.165, 1.54) is 22.1 Å². The average molecular weight is 670 g/mol. The van der Waals surface area contributed by atoms with Gasteiger partial charge in [0.05, 0.1) is 28.9 Å². The Morgan fingerprint density at radius 1 is 1.21 bits per heavy atom. The van der Waals surface area contributed by atoms with Gasteiger partial charge in [-0.25, -0.2) is 23.1 Å². The molecule has 0 saturated carbocycles. The van der Waals surface area contributed by atoms with Crippen molar-refractivity contribution in [2.75, 3.05) is 6.54 Å². The van der Waals surface area contributed by atoms with Crippen molar-refractivity contribution in [2.45, 2.75) is 64.3 Å². The van der Waals surface area contributed by atoms with Crippen LogP contribution in [-0.2, 0) is 23.5 Å². The van der Waals surface area contributed by atoms with Crippen LogP contribution in [0.2, 0.25) is 0 Å². The van der Waals surface area contributed by atoms with Gasteiger partial charge in [-0.1, -0.05) is 25.1 Å². The summed E-state index contributed by atoms with van der Waals surface area (Å²) in [6.07, 6.45) is 5.04. The Hall–Kier alpha value is -4.83. The zero-order valence-electron chi connectivity index (χ0n) is 26.8. The van der Waals surface area contributed by atoms with E-state index in [0.29, 0.717) is 28.6 Å². The molecule has 6 rings (SSSR count). The molecule has 1 aliphatic rings. The van der Waals surface area contributed by atoms with Gasteiger partial charge in [-0.2, -0.15) is 5.26 Å². The van der Waals surface area contributed by atoms with E-state index in [4.69, 9.17) is 15.0 Å². The first-order chi connectivity index (χ1) is 23.0. The number of hydrogen-bond acceptors (Lipinski definition) is 8. The third kappa shape index (κ3) is 6.89. The number of nitriles is 1. The van der Waals surface area contributed by atoms with Crippen LogP contribution in [0.1, 0.15) is 58.5 Å². The number of rotatable bonds is 10. The first kappa shape index (κ1) is 33.1. The predicted molar refractivity (Wildman–Crippen MR) is 175 cm³/mol. The Bertz CT molecular complexity index is 1970. The highest BCUT2D eigenvalue weighted by atomic mass is 32.1. The Kier molecular flexibility index (Phi) is 9.46. The van der Waals surface area contributed by atoms with Crippen LogP contribution in [-0.4, -0.2) is 38.4 Å². The van der Waals surface area contributed by atoms with Crippen molar-refractivity contribution in [3.05, 3.63) is 117 Å². The van der Waals surface area contributed by atoms with Crippen LogP contribution in [0.5, 0.6) is 5.75 Å². The topological polar surface area (TPSA) is 117 Å². The summed E-state index contributed by atoms with van der Waals surface area (Å²) in [6, 6.07) is 15.9. The summed E-state index contributed by atoms with van der Waals surface area (Å²) in [6.45, 7) is 6.67. The normalized spacial score (nSPS) is 16.3. The second kappa shape index (κ2) is 13.7. The van der Waals surface area contributed by atoms with Gasteiger partial charge in [0, 0.05) is 33.6 Å². The summed E-state index contributed by atoms with van der Waals surface area (Å²) >= 11 is 1.32. The van der Waals surface area contributed by atoms with Crippen molar-refractivity contribution in [2.24, 2.45) is 0 Å². The van der Waals surface area contributed by atoms with Crippen molar-refractivity contribution in [1.82, 2.24) is 20.1 Å². The molecular weight excluding hydrogens is 634 g/mol. The lowest BCUT2D eigenvalue weighted by Crippen LogP contribution is -2.39. The Labute approximate surface area is 281 Å². The van der Waals surface area contributed by atoms with Gasteiger partial charge in [0.2, 0.25) is 6.33 Å². The molecule has 3 atom stereocenters. The minimum Gasteiger partial charge on any atom is -0.425 e. The van der Waals surface area contributed by atoms with Gasteiger partial charge in [0.25, 0.3) is 6.33 Å². The van der Waals surface area contributed by atoms with Gasteiger partial charge in [0.15, 0.2) is 0 Å². The second-order valence-corrected chi connectivity index (χ2v) is 13.2. The fourth-order valence-electron chi connectivity index (χ4n) is 6.17. The van der Waals surface area contributed by atoms with Crippen molar-refractivity contribution in [1.29, 1.82) is 5.26 Å². The highest BCUT2D eigenvalue weighted by Crippen LogP contribution is 2.41. The van der Waals surface area contributed by atoms with Gasteiger partial charge in [0.1, 0.15) is 35.6 Å². The number of hydrogen-bond donors (Lipinski definition) is 2. The lowest BCUT2D eigenvalue weighted by Gasteiger charge is -2.32. The first-order valence-electron chi connectivity index (χ1n) is 15.6. The minimum atomic E-state index is -1.85. The number of carbonyl (C=O) groups is 1. The van der Waals surface area contributed by atoms with Gasteiger partial charge in [-0.15, -0.1) is 16.0 Å². The summed E-state index contributed by atoms with van der Waals surface area (Å²) in [5.41, 5.74) is 2.69. The van der Waals surface area contributed by atoms with Crippen LogP contribution in [0.4, 0.5) is 8.78 Å². The van der Waals surface area contributed by atoms with Crippen molar-refractivity contribution in [3.63, 3.8) is 0 Å². The molecule has 2 N–H and O–H groups in total. The molecule has 5 aromatic rings. The molecule has 0 aliphatic carbocycles. The van der Waals surface area contributed by atoms with Crippen molar-refractivity contribution >= 4 is 17.3 Å². The number of halogens is 2. The molecule has 0 bridgehead atoms. The molecule has 48 heavy (non-hydrogen) atoms. The van der Waals surface area contributed by atoms with E-state index in [2.05, 4.69) is 16.5 Å². The number of benzene rings is 3. The number of ether oxygens (including phenoxy) is 1. The lowest BCUT2D eigenvalue weighted by atomic mass is 9.82. The fraction of sp³-hybridized carbons (Fsp3) is 0.306. The second-order valence-electron chi connectivity index (χ2n) is 12.3. The Morgan fingerprint density at radius 2 is 1.96 bits per heavy atom. The molecule has 2 aromatic heterocycles. The van der Waals surface area contributed by atoms with Crippen molar-refractivity contribution < 1.29 is 28.0 Å². The number of aromatic nitrogens is 4. The number of aryl methyl sites for hydroxylation is 2. The summed E-state index contributed by atoms with van der Waals surface area (Å²) in [5.74, 6) is -2.05. The van der Waals surface area contributed by atoms with Gasteiger partial charge in [-0.3, -0.25) is 0 Å². The molecule has 2 unspecified atom stereocenters. The van der Waals surface area contributed by atoms with Crippen LogP contribution in [0.15, 0.2) is 72.6 Å². The summed E-state index contributed by atoms with van der Waals surface area (Å²) in [7, 11) is 0. The highest BCUT2D eigenvalue weighted by molar-refractivity contribution is 7.10. The zero-order chi connectivity index (χ0) is 34.0. The summed E-state index contributed by atoms with van der Waals surface area (Å²) in [4.78, 5) is 17.4. The molecule has 1 saturated heterocycles. The van der Waals surface area contributed by atoms with Crippen LogP contribution in [0, 0.1) is 36.8 Å². The van der Waals surface area contributed by atoms with Crippen LogP contribution >= 0.6 is 11.3 Å². The number of nitrogens with zero attached hydrogens (tertiary/aromatic N) is 5. The predicted octanol–water partition coefficient (Wildman–Crippen LogP) is 5.46. The molecule has 3 heterocycles. The van der Waals surface area contributed by atoms with E-state index in [-0.39, 0.29) is 24.1 Å². The average Bonchev–Trinajstić information content (AvgIpc) is 3.86. The van der Waals surface area contributed by atoms with E-state index in [1.54, 1.807) is 43.8 Å². The van der Waals surface area contributed by atoms with E-state index in [9.17, 15) is 14.3 Å². The van der Waals surface area contributed by atoms with E-state index in [1.807, 2.05) is 35.9 Å². The first-order valence-corrected chi connectivity index (χ1v) is 16.5. The fourth-order valence-corrected chi connectivity index (χ4v) is 7.14. The van der Waals surface area contributed by atoms with Crippen LogP contribution in [0.25, 0.3) is 11.3 Å². The number of thiazole rings is 1. The van der Waals surface area contributed by atoms with E-state index < -0.39 is 23.2 Å². The molecule has 12 heteroatoms. The third-order valence-corrected chi connectivity index (χ3v) is 9.81. The Morgan fingerprint density at radius 3 is 2.62 bits per heavy atom. The van der Waals surface area contributed by atoms with Gasteiger partial charge < -0.3 is 15.2 Å². The molecule has 0 amide bonds. The molecule has 1 aliphatic heterocycles. The third-order valence-electron chi connectivity index (χ3n) is 8.78. The Balaban J connectivity index is 1.24. The molecule has 1 fully saturated rings. The van der Waals surface area contributed by atoms with E-state index >= 15 is 4.39 Å². The zero-order valence-corrected chi connectivity index (χ0v) is 27.6. The number of aliphatic hydroxyl groups is 1. The van der Waals surface area contributed by atoms with Crippen LogP contribution in [0.3, 0.4) is 0 Å². The van der Waals surface area contributed by atoms with Crippen molar-refractivity contribution in [3.8, 4) is 23.1 Å². The maximum absolute atomic E-state index is 15.3. The summed E-state index contributed by atoms with van der Waals surface area (Å²) in [5, 5.41) is 31.4. The van der Waals surface area contributed by atoms with Gasteiger partial charge in [-0.05, 0) is 80.3 Å². The minimum absolute atomic E-state index is 0.0715. The van der Waals surface area contributed by atoms with Gasteiger partial charge >= 0.3 is 5.97 Å². The molecule has 3 aromatic carbocycles. The summed E-state index contributed by atoms with van der Waals surface area (Å²) < 4.78 is 38.4. The monoisotopic (exact) mass is 669 g/mol. The van der Waals surface area contributed by atoms with E-state index in [0.717, 1.165) is 53.8 Å². The maximum atomic E-state index is 15.3.